The Morgan fingerprint density at radius 1 is 1.14 bits per heavy atom. The lowest BCUT2D eigenvalue weighted by Gasteiger charge is -2.33. The first-order valence-corrected chi connectivity index (χ1v) is 10.8. The summed E-state index contributed by atoms with van der Waals surface area (Å²) in [6.07, 6.45) is 1.37. The topological polar surface area (TPSA) is 66.9 Å². The molecular formula is C21H26N2O4S. The maximum Gasteiger partial charge on any atom is 0.243 e. The summed E-state index contributed by atoms with van der Waals surface area (Å²) in [6, 6.07) is 16.1. The molecule has 1 aliphatic heterocycles. The van der Waals surface area contributed by atoms with Crippen molar-refractivity contribution < 1.29 is 17.9 Å². The highest BCUT2D eigenvalue weighted by Gasteiger charge is 2.34. The minimum atomic E-state index is -3.63. The fourth-order valence-electron chi connectivity index (χ4n) is 3.51. The monoisotopic (exact) mass is 402 g/mol. The van der Waals surface area contributed by atoms with Gasteiger partial charge in [0.05, 0.1) is 17.9 Å². The lowest BCUT2D eigenvalue weighted by molar-refractivity contribution is -0.135. The number of hydrogen-bond donors (Lipinski definition) is 0. The molecule has 0 aliphatic carbocycles. The first kappa shape index (κ1) is 20.4. The Hall–Kier alpha value is -2.38. The van der Waals surface area contributed by atoms with Gasteiger partial charge in [0.1, 0.15) is 5.75 Å². The van der Waals surface area contributed by atoms with Crippen LogP contribution in [-0.2, 0) is 21.4 Å². The van der Waals surface area contributed by atoms with E-state index in [4.69, 9.17) is 4.74 Å². The molecule has 1 fully saturated rings. The molecule has 1 amide bonds. The predicted molar refractivity (Wildman–Crippen MR) is 107 cm³/mol. The fourth-order valence-corrected chi connectivity index (χ4v) is 5.03. The molecule has 0 bridgehead atoms. The zero-order valence-electron chi connectivity index (χ0n) is 16.2. The molecule has 2 aromatic carbocycles. The van der Waals surface area contributed by atoms with Crippen LogP contribution in [0.1, 0.15) is 18.4 Å². The Kier molecular flexibility index (Phi) is 6.36. The van der Waals surface area contributed by atoms with Crippen LogP contribution in [0.3, 0.4) is 0 Å². The van der Waals surface area contributed by atoms with E-state index >= 15 is 0 Å². The molecule has 0 aromatic heterocycles. The molecule has 1 aliphatic rings. The third-order valence-corrected chi connectivity index (χ3v) is 6.95. The third-order valence-electron chi connectivity index (χ3n) is 5.07. The number of carbonyl (C=O) groups is 1. The van der Waals surface area contributed by atoms with Gasteiger partial charge >= 0.3 is 0 Å². The summed E-state index contributed by atoms with van der Waals surface area (Å²) in [7, 11) is -0.323. The maximum absolute atomic E-state index is 13.0. The average molecular weight is 403 g/mol. The van der Waals surface area contributed by atoms with Crippen LogP contribution in [0.25, 0.3) is 0 Å². The summed E-state index contributed by atoms with van der Waals surface area (Å²) in [5, 5.41) is 0. The SMILES string of the molecule is COc1ccc(S(=O)(=O)N2CCCC(C(=O)N(C)Cc3ccccc3)C2)cc1. The molecule has 1 saturated heterocycles. The van der Waals surface area contributed by atoms with Crippen molar-refractivity contribution in [3.8, 4) is 5.75 Å². The van der Waals surface area contributed by atoms with Crippen LogP contribution >= 0.6 is 0 Å². The van der Waals surface area contributed by atoms with Crippen molar-refractivity contribution in [3.63, 3.8) is 0 Å². The minimum absolute atomic E-state index is 0.0153. The molecule has 1 atom stereocenters. The molecule has 0 N–H and O–H groups in total. The number of rotatable bonds is 6. The van der Waals surface area contributed by atoms with Crippen LogP contribution in [0.2, 0.25) is 0 Å². The number of carbonyl (C=O) groups excluding carboxylic acids is 1. The molecule has 3 rings (SSSR count). The Morgan fingerprint density at radius 2 is 1.82 bits per heavy atom. The predicted octanol–water partition coefficient (Wildman–Crippen LogP) is 2.75. The zero-order chi connectivity index (χ0) is 20.1. The van der Waals surface area contributed by atoms with Crippen molar-refractivity contribution >= 4 is 15.9 Å². The second kappa shape index (κ2) is 8.75. The highest BCUT2D eigenvalue weighted by atomic mass is 32.2. The van der Waals surface area contributed by atoms with Crippen molar-refractivity contribution in [3.05, 3.63) is 60.2 Å². The van der Waals surface area contributed by atoms with Crippen LogP contribution in [0.15, 0.2) is 59.5 Å². The van der Waals surface area contributed by atoms with Crippen molar-refractivity contribution in [1.82, 2.24) is 9.21 Å². The molecular weight excluding hydrogens is 376 g/mol. The first-order chi connectivity index (χ1) is 13.4. The Morgan fingerprint density at radius 3 is 2.46 bits per heavy atom. The van der Waals surface area contributed by atoms with Gasteiger partial charge in [0.25, 0.3) is 0 Å². The zero-order valence-corrected chi connectivity index (χ0v) is 17.1. The number of benzene rings is 2. The highest BCUT2D eigenvalue weighted by Crippen LogP contribution is 2.26. The maximum atomic E-state index is 13.0. The smallest absolute Gasteiger partial charge is 0.243 e. The number of piperidine rings is 1. The van der Waals surface area contributed by atoms with E-state index in [9.17, 15) is 13.2 Å². The molecule has 1 unspecified atom stereocenters. The fraction of sp³-hybridized carbons (Fsp3) is 0.381. The van der Waals surface area contributed by atoms with E-state index in [1.807, 2.05) is 30.3 Å². The molecule has 1 heterocycles. The Labute approximate surface area is 166 Å². The Bertz CT molecular complexity index is 898. The number of ether oxygens (including phenoxy) is 1. The molecule has 0 spiro atoms. The van der Waals surface area contributed by atoms with Gasteiger partial charge in [-0.05, 0) is 42.7 Å². The normalized spacial score (nSPS) is 17.9. The van der Waals surface area contributed by atoms with Crippen molar-refractivity contribution in [2.75, 3.05) is 27.2 Å². The number of sulfonamides is 1. The molecule has 28 heavy (non-hydrogen) atoms. The second-order valence-electron chi connectivity index (χ2n) is 7.06. The van der Waals surface area contributed by atoms with Gasteiger partial charge in [0, 0.05) is 26.7 Å². The van der Waals surface area contributed by atoms with Gasteiger partial charge < -0.3 is 9.64 Å². The van der Waals surface area contributed by atoms with Crippen LogP contribution in [0, 0.1) is 5.92 Å². The van der Waals surface area contributed by atoms with Gasteiger partial charge in [0.2, 0.25) is 15.9 Å². The summed E-state index contributed by atoms with van der Waals surface area (Å²) < 4.78 is 32.5. The molecule has 6 nitrogen and oxygen atoms in total. The van der Waals surface area contributed by atoms with E-state index < -0.39 is 10.0 Å². The van der Waals surface area contributed by atoms with Crippen molar-refractivity contribution in [2.24, 2.45) is 5.92 Å². The van der Waals surface area contributed by atoms with Crippen LogP contribution in [0.4, 0.5) is 0 Å². The van der Waals surface area contributed by atoms with Crippen LogP contribution in [0.5, 0.6) is 5.75 Å². The lowest BCUT2D eigenvalue weighted by Crippen LogP contribution is -2.45. The summed E-state index contributed by atoms with van der Waals surface area (Å²) in [5.74, 6) is 0.266. The number of amides is 1. The van der Waals surface area contributed by atoms with E-state index in [1.165, 1.54) is 11.4 Å². The Balaban J connectivity index is 1.69. The standard InChI is InChI=1S/C21H26N2O4S/c1-22(15-17-7-4-3-5-8-17)21(24)18-9-6-14-23(16-18)28(25,26)20-12-10-19(27-2)11-13-20/h3-5,7-8,10-13,18H,6,9,14-16H2,1-2H3. The van der Waals surface area contributed by atoms with E-state index in [0.717, 1.165) is 5.56 Å². The summed E-state index contributed by atoms with van der Waals surface area (Å²) in [5.41, 5.74) is 1.05. The third kappa shape index (κ3) is 4.54. The number of nitrogens with zero attached hydrogens (tertiary/aromatic N) is 2. The van der Waals surface area contributed by atoms with Crippen molar-refractivity contribution in [1.29, 1.82) is 0 Å². The van der Waals surface area contributed by atoms with Gasteiger partial charge in [0.15, 0.2) is 0 Å². The molecule has 0 saturated carbocycles. The van der Waals surface area contributed by atoms with Crippen LogP contribution in [-0.4, -0.2) is 50.8 Å². The van der Waals surface area contributed by atoms with Crippen LogP contribution < -0.4 is 4.74 Å². The number of hydrogen-bond acceptors (Lipinski definition) is 4. The quantitative estimate of drug-likeness (QED) is 0.745. The largest absolute Gasteiger partial charge is 0.497 e. The average Bonchev–Trinajstić information content (AvgIpc) is 2.74. The van der Waals surface area contributed by atoms with E-state index in [-0.39, 0.29) is 23.3 Å². The molecule has 2 aromatic rings. The van der Waals surface area contributed by atoms with E-state index in [2.05, 4.69) is 0 Å². The molecule has 0 radical (unpaired) electrons. The molecule has 150 valence electrons. The molecule has 7 heteroatoms. The van der Waals surface area contributed by atoms with Gasteiger partial charge in [-0.25, -0.2) is 8.42 Å². The van der Waals surface area contributed by atoms with Gasteiger partial charge in [-0.1, -0.05) is 30.3 Å². The van der Waals surface area contributed by atoms with Crippen molar-refractivity contribution in [2.45, 2.75) is 24.3 Å². The minimum Gasteiger partial charge on any atom is -0.497 e. The number of methoxy groups -OCH3 is 1. The van der Waals surface area contributed by atoms with E-state index in [1.54, 1.807) is 36.2 Å². The van der Waals surface area contributed by atoms with E-state index in [0.29, 0.717) is 31.7 Å². The lowest BCUT2D eigenvalue weighted by atomic mass is 9.98. The summed E-state index contributed by atoms with van der Waals surface area (Å²) in [4.78, 5) is 14.8. The van der Waals surface area contributed by atoms with Gasteiger partial charge in [-0.15, -0.1) is 0 Å². The van der Waals surface area contributed by atoms with Gasteiger partial charge in [-0.3, -0.25) is 4.79 Å². The second-order valence-corrected chi connectivity index (χ2v) is 9.00. The first-order valence-electron chi connectivity index (χ1n) is 9.35. The summed E-state index contributed by atoms with van der Waals surface area (Å²) >= 11 is 0. The summed E-state index contributed by atoms with van der Waals surface area (Å²) in [6.45, 7) is 1.16. The van der Waals surface area contributed by atoms with Gasteiger partial charge in [-0.2, -0.15) is 4.31 Å². The highest BCUT2D eigenvalue weighted by molar-refractivity contribution is 7.89.